The molecule has 0 aromatic heterocycles. The van der Waals surface area contributed by atoms with Crippen molar-refractivity contribution in [2.75, 3.05) is 0 Å². The lowest BCUT2D eigenvalue weighted by atomic mass is 9.97. The van der Waals surface area contributed by atoms with Crippen molar-refractivity contribution in [3.8, 4) is 11.1 Å². The fraction of sp³-hybridized carbons (Fsp3) is 0.0667. The molecule has 0 spiro atoms. The van der Waals surface area contributed by atoms with Crippen LogP contribution in [0.3, 0.4) is 0 Å². The molecule has 0 fully saturated rings. The lowest BCUT2D eigenvalue weighted by molar-refractivity contribution is 0.249. The molecule has 96 valence electrons. The van der Waals surface area contributed by atoms with Crippen LogP contribution in [0, 0.1) is 6.92 Å². The number of hydrogen-bond acceptors (Lipinski definition) is 2. The number of nitrogens with zero attached hydrogens (tertiary/aromatic N) is 1. The average molecular weight is 253 g/mol. The molecule has 4 nitrogen and oxygen atoms in total. The van der Waals surface area contributed by atoms with Crippen LogP contribution in [-0.4, -0.2) is 12.2 Å². The summed E-state index contributed by atoms with van der Waals surface area (Å²) in [6.07, 6.45) is 1.59. The molecule has 19 heavy (non-hydrogen) atoms. The van der Waals surface area contributed by atoms with Crippen LogP contribution >= 0.6 is 0 Å². The molecule has 0 atom stereocenters. The lowest BCUT2D eigenvalue weighted by Gasteiger charge is -2.08. The van der Waals surface area contributed by atoms with Gasteiger partial charge in [0.15, 0.2) is 0 Å². The van der Waals surface area contributed by atoms with Gasteiger partial charge >= 0.3 is 6.03 Å². The number of benzene rings is 2. The zero-order chi connectivity index (χ0) is 13.7. The number of aryl methyl sites for hydroxylation is 1. The highest BCUT2D eigenvalue weighted by molar-refractivity contribution is 5.91. The Morgan fingerprint density at radius 2 is 1.74 bits per heavy atom. The maximum atomic E-state index is 10.6. The molecular formula is C15H15N3O. The Morgan fingerprint density at radius 3 is 2.42 bits per heavy atom. The Morgan fingerprint density at radius 1 is 1.11 bits per heavy atom. The number of hydrogen-bond donors (Lipinski definition) is 2. The summed E-state index contributed by atoms with van der Waals surface area (Å²) >= 11 is 0. The number of hydrazone groups is 1. The van der Waals surface area contributed by atoms with Gasteiger partial charge in [0.2, 0.25) is 0 Å². The molecule has 0 radical (unpaired) electrons. The quantitative estimate of drug-likeness (QED) is 0.641. The molecule has 0 saturated carbocycles. The molecule has 0 aliphatic carbocycles. The highest BCUT2D eigenvalue weighted by Crippen LogP contribution is 2.25. The third kappa shape index (κ3) is 3.19. The fourth-order valence-electron chi connectivity index (χ4n) is 1.90. The van der Waals surface area contributed by atoms with E-state index in [2.05, 4.69) is 29.6 Å². The molecule has 2 amide bonds. The van der Waals surface area contributed by atoms with Crippen molar-refractivity contribution in [3.63, 3.8) is 0 Å². The highest BCUT2D eigenvalue weighted by Gasteiger charge is 2.04. The van der Waals surface area contributed by atoms with Gasteiger partial charge in [0.1, 0.15) is 0 Å². The van der Waals surface area contributed by atoms with Gasteiger partial charge in [0.25, 0.3) is 0 Å². The van der Waals surface area contributed by atoms with Crippen molar-refractivity contribution in [1.29, 1.82) is 0 Å². The number of carbonyl (C=O) groups excluding carboxylic acids is 1. The largest absolute Gasteiger partial charge is 0.350 e. The smallest absolute Gasteiger partial charge is 0.332 e. The molecule has 0 aliphatic heterocycles. The van der Waals surface area contributed by atoms with Gasteiger partial charge < -0.3 is 5.73 Å². The number of nitrogens with one attached hydrogen (secondary N) is 1. The van der Waals surface area contributed by atoms with E-state index in [9.17, 15) is 4.79 Å². The second kappa shape index (κ2) is 5.82. The SMILES string of the molecule is Cc1ccccc1-c1ccccc1C=NNC(N)=O. The van der Waals surface area contributed by atoms with Gasteiger partial charge in [-0.1, -0.05) is 48.5 Å². The minimum atomic E-state index is -0.676. The standard InChI is InChI=1S/C15H15N3O/c1-11-6-2-4-8-13(11)14-9-5-3-7-12(14)10-17-18-15(16)19/h2-10H,1H3,(H3,16,18,19). The molecule has 2 rings (SSSR count). The molecule has 0 saturated heterocycles. The lowest BCUT2D eigenvalue weighted by Crippen LogP contribution is -2.24. The van der Waals surface area contributed by atoms with Crippen LogP contribution in [0.1, 0.15) is 11.1 Å². The van der Waals surface area contributed by atoms with Gasteiger partial charge in [0.05, 0.1) is 6.21 Å². The van der Waals surface area contributed by atoms with E-state index in [1.165, 1.54) is 5.56 Å². The molecule has 2 aromatic carbocycles. The summed E-state index contributed by atoms with van der Waals surface area (Å²) in [5.74, 6) is 0. The minimum Gasteiger partial charge on any atom is -0.350 e. The first kappa shape index (κ1) is 12.8. The molecule has 0 heterocycles. The molecule has 2 aromatic rings. The van der Waals surface area contributed by atoms with E-state index in [4.69, 9.17) is 5.73 Å². The van der Waals surface area contributed by atoms with Gasteiger partial charge in [-0.2, -0.15) is 5.10 Å². The summed E-state index contributed by atoms with van der Waals surface area (Å²) in [7, 11) is 0. The monoisotopic (exact) mass is 253 g/mol. The maximum Gasteiger partial charge on any atom is 0.332 e. The highest BCUT2D eigenvalue weighted by atomic mass is 16.2. The van der Waals surface area contributed by atoms with E-state index in [1.807, 2.05) is 36.4 Å². The summed E-state index contributed by atoms with van der Waals surface area (Å²) in [5.41, 5.74) is 11.5. The maximum absolute atomic E-state index is 10.6. The average Bonchev–Trinajstić information content (AvgIpc) is 2.40. The van der Waals surface area contributed by atoms with Crippen molar-refractivity contribution in [2.45, 2.75) is 6.92 Å². The molecule has 0 unspecified atom stereocenters. The summed E-state index contributed by atoms with van der Waals surface area (Å²) in [6, 6.07) is 15.3. The van der Waals surface area contributed by atoms with Gasteiger partial charge in [-0.25, -0.2) is 10.2 Å². The van der Waals surface area contributed by atoms with Gasteiger partial charge in [-0.15, -0.1) is 0 Å². The zero-order valence-electron chi connectivity index (χ0n) is 10.6. The van der Waals surface area contributed by atoms with Crippen molar-refractivity contribution in [1.82, 2.24) is 5.43 Å². The number of primary amides is 1. The van der Waals surface area contributed by atoms with Crippen LogP contribution in [0.5, 0.6) is 0 Å². The van der Waals surface area contributed by atoms with E-state index in [0.29, 0.717) is 0 Å². The van der Waals surface area contributed by atoms with E-state index in [-0.39, 0.29) is 0 Å². The number of urea groups is 1. The first-order valence-electron chi connectivity index (χ1n) is 5.92. The second-order valence-electron chi connectivity index (χ2n) is 4.14. The van der Waals surface area contributed by atoms with Gasteiger partial charge in [0, 0.05) is 5.56 Å². The first-order valence-corrected chi connectivity index (χ1v) is 5.92. The molecule has 0 bridgehead atoms. The van der Waals surface area contributed by atoms with Crippen LogP contribution in [0.25, 0.3) is 11.1 Å². The Hall–Kier alpha value is -2.62. The normalized spacial score (nSPS) is 10.6. The van der Waals surface area contributed by atoms with Gasteiger partial charge in [-0.05, 0) is 23.6 Å². The van der Waals surface area contributed by atoms with E-state index in [1.54, 1.807) is 6.21 Å². The molecule has 3 N–H and O–H groups in total. The van der Waals surface area contributed by atoms with Crippen LogP contribution < -0.4 is 11.2 Å². The Bertz CT molecular complexity index is 620. The van der Waals surface area contributed by atoms with Crippen LogP contribution in [-0.2, 0) is 0 Å². The fourth-order valence-corrected chi connectivity index (χ4v) is 1.90. The zero-order valence-corrected chi connectivity index (χ0v) is 10.6. The number of nitrogens with two attached hydrogens (primary N) is 1. The van der Waals surface area contributed by atoms with Gasteiger partial charge in [-0.3, -0.25) is 0 Å². The first-order chi connectivity index (χ1) is 9.18. The Balaban J connectivity index is 2.39. The van der Waals surface area contributed by atoms with E-state index < -0.39 is 6.03 Å². The predicted molar refractivity (Wildman–Crippen MR) is 76.9 cm³/mol. The number of rotatable bonds is 3. The number of amides is 2. The van der Waals surface area contributed by atoms with Crippen molar-refractivity contribution >= 4 is 12.2 Å². The third-order valence-electron chi connectivity index (χ3n) is 2.77. The van der Waals surface area contributed by atoms with Crippen LogP contribution in [0.4, 0.5) is 4.79 Å². The van der Waals surface area contributed by atoms with Crippen molar-refractivity contribution in [3.05, 3.63) is 59.7 Å². The van der Waals surface area contributed by atoms with E-state index >= 15 is 0 Å². The second-order valence-corrected chi connectivity index (χ2v) is 4.14. The third-order valence-corrected chi connectivity index (χ3v) is 2.77. The molecular weight excluding hydrogens is 238 g/mol. The molecule has 0 aliphatic rings. The summed E-state index contributed by atoms with van der Waals surface area (Å²) < 4.78 is 0. The van der Waals surface area contributed by atoms with Crippen LogP contribution in [0.2, 0.25) is 0 Å². The predicted octanol–water partition coefficient (Wildman–Crippen LogP) is 2.66. The summed E-state index contributed by atoms with van der Waals surface area (Å²) in [4.78, 5) is 10.6. The Kier molecular flexibility index (Phi) is 3.93. The van der Waals surface area contributed by atoms with E-state index in [0.717, 1.165) is 16.7 Å². The topological polar surface area (TPSA) is 67.5 Å². The van der Waals surface area contributed by atoms with Crippen molar-refractivity contribution < 1.29 is 4.79 Å². The van der Waals surface area contributed by atoms with Crippen molar-refractivity contribution in [2.24, 2.45) is 10.8 Å². The minimum absolute atomic E-state index is 0.676. The summed E-state index contributed by atoms with van der Waals surface area (Å²) in [5, 5.41) is 3.81. The van der Waals surface area contributed by atoms with Crippen LogP contribution in [0.15, 0.2) is 53.6 Å². The molecule has 4 heteroatoms. The number of carbonyl (C=O) groups is 1. The summed E-state index contributed by atoms with van der Waals surface area (Å²) in [6.45, 7) is 2.06. The Labute approximate surface area is 112 Å².